The summed E-state index contributed by atoms with van der Waals surface area (Å²) in [4.78, 5) is 50.2. The predicted molar refractivity (Wildman–Crippen MR) is 97.6 cm³/mol. The van der Waals surface area contributed by atoms with Crippen molar-refractivity contribution in [3.8, 4) is 0 Å². The van der Waals surface area contributed by atoms with Crippen LogP contribution in [-0.4, -0.2) is 67.3 Å². The SMILES string of the molecule is CNC(=O)CN(C)C(=O)COC(=O)[C@H]1CC(=O)N(Cc2ccccc2Cl)C1. The molecule has 2 rings (SSSR count). The lowest BCUT2D eigenvalue weighted by Gasteiger charge is -2.18. The molecular weight excluding hydrogens is 374 g/mol. The number of halogens is 1. The molecule has 9 heteroatoms. The highest BCUT2D eigenvalue weighted by atomic mass is 35.5. The molecule has 8 nitrogen and oxygen atoms in total. The van der Waals surface area contributed by atoms with E-state index in [4.69, 9.17) is 16.3 Å². The smallest absolute Gasteiger partial charge is 0.311 e. The summed E-state index contributed by atoms with van der Waals surface area (Å²) in [6.07, 6.45) is 0.0333. The van der Waals surface area contributed by atoms with Crippen molar-refractivity contribution in [1.29, 1.82) is 0 Å². The Hall–Kier alpha value is -2.61. The van der Waals surface area contributed by atoms with Gasteiger partial charge in [-0.2, -0.15) is 0 Å². The van der Waals surface area contributed by atoms with Crippen molar-refractivity contribution in [1.82, 2.24) is 15.1 Å². The Morgan fingerprint density at radius 3 is 2.70 bits per heavy atom. The number of rotatable bonds is 7. The summed E-state index contributed by atoms with van der Waals surface area (Å²) in [6, 6.07) is 7.19. The predicted octanol–water partition coefficient (Wildman–Crippen LogP) is 0.436. The summed E-state index contributed by atoms with van der Waals surface area (Å²) >= 11 is 6.11. The zero-order chi connectivity index (χ0) is 20.0. The molecule has 0 aromatic heterocycles. The van der Waals surface area contributed by atoms with Crippen LogP contribution in [0.3, 0.4) is 0 Å². The number of hydrogen-bond donors (Lipinski definition) is 1. The molecule has 27 heavy (non-hydrogen) atoms. The van der Waals surface area contributed by atoms with Crippen LogP contribution in [0.5, 0.6) is 0 Å². The van der Waals surface area contributed by atoms with E-state index in [0.29, 0.717) is 11.6 Å². The zero-order valence-corrected chi connectivity index (χ0v) is 16.0. The van der Waals surface area contributed by atoms with Crippen LogP contribution in [0.1, 0.15) is 12.0 Å². The van der Waals surface area contributed by atoms with E-state index in [0.717, 1.165) is 10.5 Å². The molecule has 1 aromatic rings. The Morgan fingerprint density at radius 2 is 2.04 bits per heavy atom. The number of carbonyl (C=O) groups excluding carboxylic acids is 4. The van der Waals surface area contributed by atoms with Gasteiger partial charge in [0.1, 0.15) is 0 Å². The molecule has 0 radical (unpaired) electrons. The molecule has 1 atom stereocenters. The molecule has 0 saturated carbocycles. The van der Waals surface area contributed by atoms with Gasteiger partial charge in [-0.1, -0.05) is 29.8 Å². The molecule has 1 aromatic carbocycles. The average Bonchev–Trinajstić information content (AvgIpc) is 3.01. The third-order valence-corrected chi connectivity index (χ3v) is 4.66. The first-order valence-corrected chi connectivity index (χ1v) is 8.82. The summed E-state index contributed by atoms with van der Waals surface area (Å²) in [5.74, 6) is -2.22. The van der Waals surface area contributed by atoms with Crippen LogP contribution in [0.25, 0.3) is 0 Å². The first-order chi connectivity index (χ1) is 12.8. The van der Waals surface area contributed by atoms with Crippen molar-refractivity contribution in [2.24, 2.45) is 5.92 Å². The number of nitrogens with one attached hydrogen (secondary N) is 1. The number of ether oxygens (including phenoxy) is 1. The lowest BCUT2D eigenvalue weighted by molar-refractivity contribution is -0.155. The molecule has 1 N–H and O–H groups in total. The maximum atomic E-state index is 12.2. The fourth-order valence-corrected chi connectivity index (χ4v) is 2.85. The van der Waals surface area contributed by atoms with Crippen LogP contribution < -0.4 is 5.32 Å². The largest absolute Gasteiger partial charge is 0.455 e. The molecular formula is C18H22ClN3O5. The first-order valence-electron chi connectivity index (χ1n) is 8.44. The van der Waals surface area contributed by atoms with Gasteiger partial charge < -0.3 is 19.9 Å². The number of carbonyl (C=O) groups is 4. The van der Waals surface area contributed by atoms with Gasteiger partial charge in [-0.3, -0.25) is 19.2 Å². The van der Waals surface area contributed by atoms with Gasteiger partial charge in [0.25, 0.3) is 5.91 Å². The number of esters is 1. The Bertz CT molecular complexity index is 739. The van der Waals surface area contributed by atoms with Gasteiger partial charge in [-0.15, -0.1) is 0 Å². The van der Waals surface area contributed by atoms with Crippen molar-refractivity contribution >= 4 is 35.3 Å². The van der Waals surface area contributed by atoms with Crippen molar-refractivity contribution in [3.05, 3.63) is 34.9 Å². The minimum Gasteiger partial charge on any atom is -0.455 e. The van der Waals surface area contributed by atoms with E-state index in [1.165, 1.54) is 14.1 Å². The number of benzene rings is 1. The monoisotopic (exact) mass is 395 g/mol. The van der Waals surface area contributed by atoms with Gasteiger partial charge in [-0.05, 0) is 11.6 Å². The minimum absolute atomic E-state index is 0.0333. The first kappa shape index (κ1) is 20.7. The lowest BCUT2D eigenvalue weighted by Crippen LogP contribution is -2.39. The van der Waals surface area contributed by atoms with Crippen LogP contribution >= 0.6 is 11.6 Å². The fraction of sp³-hybridized carbons (Fsp3) is 0.444. The van der Waals surface area contributed by atoms with Crippen LogP contribution in [0, 0.1) is 5.92 Å². The highest BCUT2D eigenvalue weighted by Crippen LogP contribution is 2.24. The molecule has 1 fully saturated rings. The van der Waals surface area contributed by atoms with Gasteiger partial charge in [0.2, 0.25) is 11.8 Å². The van der Waals surface area contributed by atoms with Crippen LogP contribution in [0.15, 0.2) is 24.3 Å². The summed E-state index contributed by atoms with van der Waals surface area (Å²) in [6.45, 7) is -0.0663. The van der Waals surface area contributed by atoms with Crippen molar-refractivity contribution in [2.75, 3.05) is 33.8 Å². The molecule has 0 bridgehead atoms. The quantitative estimate of drug-likeness (QED) is 0.676. The summed E-state index contributed by atoms with van der Waals surface area (Å²) in [7, 11) is 2.90. The van der Waals surface area contributed by atoms with Crippen LogP contribution in [0.2, 0.25) is 5.02 Å². The normalized spacial score (nSPS) is 16.2. The molecule has 146 valence electrons. The maximum Gasteiger partial charge on any atom is 0.311 e. The molecule has 0 aliphatic carbocycles. The summed E-state index contributed by atoms with van der Waals surface area (Å²) < 4.78 is 5.03. The van der Waals surface area contributed by atoms with E-state index >= 15 is 0 Å². The second-order valence-electron chi connectivity index (χ2n) is 6.30. The molecule has 1 heterocycles. The standard InChI is InChI=1S/C18H22ClN3O5/c1-20-15(23)10-21(2)17(25)11-27-18(26)13-7-16(24)22(9-13)8-12-5-3-4-6-14(12)19/h3-6,13H,7-11H2,1-2H3,(H,20,23)/t13-/m0/s1. The minimum atomic E-state index is -0.628. The molecule has 1 saturated heterocycles. The molecule has 1 aliphatic rings. The van der Waals surface area contributed by atoms with Gasteiger partial charge in [0, 0.05) is 38.6 Å². The molecule has 0 unspecified atom stereocenters. The van der Waals surface area contributed by atoms with Crippen molar-refractivity contribution in [3.63, 3.8) is 0 Å². The fourth-order valence-electron chi connectivity index (χ4n) is 2.66. The topological polar surface area (TPSA) is 96.0 Å². The van der Waals surface area contributed by atoms with Gasteiger partial charge in [-0.25, -0.2) is 0 Å². The Balaban J connectivity index is 1.84. The second kappa shape index (κ2) is 9.36. The number of likely N-dealkylation sites (tertiary alicyclic amines) is 1. The Morgan fingerprint density at radius 1 is 1.33 bits per heavy atom. The van der Waals surface area contributed by atoms with E-state index in [1.807, 2.05) is 12.1 Å². The van der Waals surface area contributed by atoms with Crippen LogP contribution in [-0.2, 0) is 30.5 Å². The number of nitrogens with zero attached hydrogens (tertiary/aromatic N) is 2. The lowest BCUT2D eigenvalue weighted by atomic mass is 10.1. The molecule has 3 amide bonds. The molecule has 0 spiro atoms. The zero-order valence-electron chi connectivity index (χ0n) is 15.2. The Kier molecular flexibility index (Phi) is 7.18. The molecule has 1 aliphatic heterocycles. The van der Waals surface area contributed by atoms with Crippen LogP contribution in [0.4, 0.5) is 0 Å². The van der Waals surface area contributed by atoms with Crippen molar-refractivity contribution in [2.45, 2.75) is 13.0 Å². The van der Waals surface area contributed by atoms with E-state index in [1.54, 1.807) is 17.0 Å². The average molecular weight is 396 g/mol. The maximum absolute atomic E-state index is 12.2. The number of amides is 3. The van der Waals surface area contributed by atoms with Gasteiger partial charge in [0.15, 0.2) is 6.61 Å². The van der Waals surface area contributed by atoms with E-state index in [9.17, 15) is 19.2 Å². The highest BCUT2D eigenvalue weighted by molar-refractivity contribution is 6.31. The van der Waals surface area contributed by atoms with E-state index in [2.05, 4.69) is 5.32 Å². The summed E-state index contributed by atoms with van der Waals surface area (Å²) in [5, 5.41) is 2.96. The Labute approximate surface area is 162 Å². The number of hydrogen-bond acceptors (Lipinski definition) is 5. The van der Waals surface area contributed by atoms with E-state index in [-0.39, 0.29) is 31.3 Å². The van der Waals surface area contributed by atoms with Gasteiger partial charge >= 0.3 is 5.97 Å². The third-order valence-electron chi connectivity index (χ3n) is 4.29. The highest BCUT2D eigenvalue weighted by Gasteiger charge is 2.35. The summed E-state index contributed by atoms with van der Waals surface area (Å²) in [5.41, 5.74) is 0.799. The second-order valence-corrected chi connectivity index (χ2v) is 6.70. The number of likely N-dealkylation sites (N-methyl/N-ethyl adjacent to an activating group) is 2. The van der Waals surface area contributed by atoms with Crippen molar-refractivity contribution < 1.29 is 23.9 Å². The van der Waals surface area contributed by atoms with E-state index < -0.39 is 24.4 Å². The van der Waals surface area contributed by atoms with Gasteiger partial charge in [0.05, 0.1) is 12.5 Å². The third kappa shape index (κ3) is 5.68.